The molecule has 2 aromatic carbocycles. The van der Waals surface area contributed by atoms with Crippen molar-refractivity contribution in [2.45, 2.75) is 19.9 Å². The largest absolute Gasteiger partial charge is 0.322 e. The molecular weight excluding hydrogens is 356 g/mol. The van der Waals surface area contributed by atoms with E-state index in [0.29, 0.717) is 17.4 Å². The third-order valence-electron chi connectivity index (χ3n) is 5.01. The van der Waals surface area contributed by atoms with E-state index in [9.17, 15) is 14.4 Å². The molecule has 1 aliphatic rings. The molecule has 1 fully saturated rings. The zero-order chi connectivity index (χ0) is 19.8. The van der Waals surface area contributed by atoms with E-state index in [-0.39, 0.29) is 29.9 Å². The second-order valence-electron chi connectivity index (χ2n) is 7.05. The topological polar surface area (TPSA) is 86.4 Å². The first-order valence-electron chi connectivity index (χ1n) is 9.11. The predicted molar refractivity (Wildman–Crippen MR) is 106 cm³/mol. The number of hydrogen-bond donors (Lipinski definition) is 1. The highest BCUT2D eigenvalue weighted by Crippen LogP contribution is 2.21. The van der Waals surface area contributed by atoms with Gasteiger partial charge in [0.15, 0.2) is 5.82 Å². The average Bonchev–Trinajstić information content (AvgIpc) is 2.69. The van der Waals surface area contributed by atoms with Crippen LogP contribution in [0.2, 0.25) is 0 Å². The third kappa shape index (κ3) is 3.15. The molecule has 7 heteroatoms. The lowest BCUT2D eigenvalue weighted by Gasteiger charge is -2.39. The Labute approximate surface area is 161 Å². The Kier molecular flexibility index (Phi) is 4.43. The molecular formula is C21H20N4O3. The summed E-state index contributed by atoms with van der Waals surface area (Å²) in [4.78, 5) is 47.9. The molecule has 1 saturated heterocycles. The van der Waals surface area contributed by atoms with E-state index in [1.54, 1.807) is 29.2 Å². The van der Waals surface area contributed by atoms with Crippen molar-refractivity contribution in [2.75, 3.05) is 18.0 Å². The summed E-state index contributed by atoms with van der Waals surface area (Å²) in [6.07, 6.45) is 0. The van der Waals surface area contributed by atoms with Crippen LogP contribution in [0.25, 0.3) is 10.9 Å². The van der Waals surface area contributed by atoms with E-state index in [4.69, 9.17) is 0 Å². The van der Waals surface area contributed by atoms with Crippen molar-refractivity contribution in [3.8, 4) is 0 Å². The number of rotatable bonds is 2. The highest BCUT2D eigenvalue weighted by atomic mass is 16.2. The Morgan fingerprint density at radius 3 is 2.57 bits per heavy atom. The fourth-order valence-corrected chi connectivity index (χ4v) is 3.42. The molecule has 0 spiro atoms. The quantitative estimate of drug-likeness (QED) is 0.742. The maximum atomic E-state index is 13.0. The number of H-pyrrole nitrogens is 1. The van der Waals surface area contributed by atoms with E-state index in [1.807, 2.05) is 38.1 Å². The van der Waals surface area contributed by atoms with Crippen LogP contribution in [0.3, 0.4) is 0 Å². The molecule has 1 N–H and O–H groups in total. The standard InChI is InChI=1S/C21H20N4O3/c1-13-7-9-15(10-8-13)25-11-14(2)24(12-18(25)26)21(28)19-22-17-6-4-3-5-16(17)20(27)23-19/h3-10,14H,11-12H2,1-2H3,(H,22,23,27)/t14-/m0/s1. The molecule has 1 atom stereocenters. The van der Waals surface area contributed by atoms with Gasteiger partial charge in [-0.15, -0.1) is 0 Å². The summed E-state index contributed by atoms with van der Waals surface area (Å²) in [5.41, 5.74) is 2.01. The van der Waals surface area contributed by atoms with Crippen LogP contribution in [0.5, 0.6) is 0 Å². The van der Waals surface area contributed by atoms with E-state index >= 15 is 0 Å². The first-order chi connectivity index (χ1) is 13.4. The number of piperazine rings is 1. The number of fused-ring (bicyclic) bond motifs is 1. The van der Waals surface area contributed by atoms with Crippen LogP contribution in [0.15, 0.2) is 53.3 Å². The monoisotopic (exact) mass is 376 g/mol. The van der Waals surface area contributed by atoms with Gasteiger partial charge in [0.05, 0.1) is 10.9 Å². The van der Waals surface area contributed by atoms with Crippen LogP contribution in [-0.4, -0.2) is 45.8 Å². The highest BCUT2D eigenvalue weighted by Gasteiger charge is 2.34. The number of para-hydroxylation sites is 1. The maximum Gasteiger partial charge on any atom is 0.290 e. The minimum Gasteiger partial charge on any atom is -0.322 e. The van der Waals surface area contributed by atoms with Crippen LogP contribution in [0.4, 0.5) is 5.69 Å². The number of hydrogen-bond acceptors (Lipinski definition) is 4. The van der Waals surface area contributed by atoms with Gasteiger partial charge in [-0.05, 0) is 38.1 Å². The second kappa shape index (κ2) is 6.92. The van der Waals surface area contributed by atoms with Crippen molar-refractivity contribution in [3.63, 3.8) is 0 Å². The molecule has 7 nitrogen and oxygen atoms in total. The Bertz CT molecular complexity index is 1120. The van der Waals surface area contributed by atoms with E-state index < -0.39 is 5.91 Å². The molecule has 1 aliphatic heterocycles. The average molecular weight is 376 g/mol. The number of aromatic nitrogens is 2. The Morgan fingerprint density at radius 1 is 1.11 bits per heavy atom. The Morgan fingerprint density at radius 2 is 1.82 bits per heavy atom. The van der Waals surface area contributed by atoms with Crippen molar-refractivity contribution >= 4 is 28.4 Å². The molecule has 0 saturated carbocycles. The second-order valence-corrected chi connectivity index (χ2v) is 7.05. The predicted octanol–water partition coefficient (Wildman–Crippen LogP) is 2.11. The van der Waals surface area contributed by atoms with Gasteiger partial charge in [-0.3, -0.25) is 14.4 Å². The molecule has 0 radical (unpaired) electrons. The van der Waals surface area contributed by atoms with E-state index in [1.165, 1.54) is 4.90 Å². The number of anilines is 1. The Balaban J connectivity index is 1.60. The fourth-order valence-electron chi connectivity index (χ4n) is 3.42. The molecule has 2 amide bonds. The van der Waals surface area contributed by atoms with E-state index in [2.05, 4.69) is 9.97 Å². The minimum absolute atomic E-state index is 0.0489. The number of aryl methyl sites for hydroxylation is 1. The normalized spacial score (nSPS) is 17.2. The van der Waals surface area contributed by atoms with Crippen LogP contribution in [-0.2, 0) is 4.79 Å². The van der Waals surface area contributed by atoms with Crippen molar-refractivity contribution in [3.05, 3.63) is 70.3 Å². The van der Waals surface area contributed by atoms with Crippen LogP contribution in [0.1, 0.15) is 23.1 Å². The zero-order valence-electron chi connectivity index (χ0n) is 15.7. The van der Waals surface area contributed by atoms with Crippen molar-refractivity contribution in [1.82, 2.24) is 14.9 Å². The number of carbonyl (C=O) groups excluding carboxylic acids is 2. The molecule has 2 heterocycles. The lowest BCUT2D eigenvalue weighted by Crippen LogP contribution is -2.57. The number of amides is 2. The zero-order valence-corrected chi connectivity index (χ0v) is 15.7. The first-order valence-corrected chi connectivity index (χ1v) is 9.11. The molecule has 0 bridgehead atoms. The summed E-state index contributed by atoms with van der Waals surface area (Å²) in [7, 11) is 0. The number of nitrogens with one attached hydrogen (secondary N) is 1. The molecule has 4 rings (SSSR count). The summed E-state index contributed by atoms with van der Waals surface area (Å²) < 4.78 is 0. The van der Waals surface area contributed by atoms with Gasteiger partial charge in [-0.2, -0.15) is 0 Å². The number of aromatic amines is 1. The van der Waals surface area contributed by atoms with E-state index in [0.717, 1.165) is 11.3 Å². The van der Waals surface area contributed by atoms with Gasteiger partial charge in [0.25, 0.3) is 11.5 Å². The molecule has 0 unspecified atom stereocenters. The molecule has 1 aromatic heterocycles. The Hall–Kier alpha value is -3.48. The SMILES string of the molecule is Cc1ccc(N2C[C@H](C)N(C(=O)c3nc4ccccc4c(=O)[nH]3)CC2=O)cc1. The summed E-state index contributed by atoms with van der Waals surface area (Å²) in [5, 5.41) is 0.423. The van der Waals surface area contributed by atoms with Crippen LogP contribution in [0, 0.1) is 6.92 Å². The van der Waals surface area contributed by atoms with Crippen molar-refractivity contribution < 1.29 is 9.59 Å². The van der Waals surface area contributed by atoms with Gasteiger partial charge in [0.2, 0.25) is 5.91 Å². The third-order valence-corrected chi connectivity index (χ3v) is 5.01. The summed E-state index contributed by atoms with van der Waals surface area (Å²) in [6.45, 7) is 4.18. The van der Waals surface area contributed by atoms with Gasteiger partial charge in [0, 0.05) is 18.3 Å². The summed E-state index contributed by atoms with van der Waals surface area (Å²) in [5.74, 6) is -0.669. The smallest absolute Gasteiger partial charge is 0.290 e. The van der Waals surface area contributed by atoms with Gasteiger partial charge >= 0.3 is 0 Å². The van der Waals surface area contributed by atoms with Gasteiger partial charge < -0.3 is 14.8 Å². The van der Waals surface area contributed by atoms with Crippen molar-refractivity contribution in [1.29, 1.82) is 0 Å². The minimum atomic E-state index is -0.452. The summed E-state index contributed by atoms with van der Waals surface area (Å²) >= 11 is 0. The van der Waals surface area contributed by atoms with Gasteiger partial charge in [-0.1, -0.05) is 29.8 Å². The summed E-state index contributed by atoms with van der Waals surface area (Å²) in [6, 6.07) is 14.3. The van der Waals surface area contributed by atoms with Crippen LogP contribution < -0.4 is 10.5 Å². The first kappa shape index (κ1) is 17.9. The van der Waals surface area contributed by atoms with Gasteiger partial charge in [0.1, 0.15) is 6.54 Å². The number of carbonyl (C=O) groups is 2. The lowest BCUT2D eigenvalue weighted by molar-refractivity contribution is -0.121. The molecule has 0 aliphatic carbocycles. The fraction of sp³-hybridized carbons (Fsp3) is 0.238. The molecule has 3 aromatic rings. The molecule has 28 heavy (non-hydrogen) atoms. The van der Waals surface area contributed by atoms with Gasteiger partial charge in [-0.25, -0.2) is 4.98 Å². The maximum absolute atomic E-state index is 13.0. The number of nitrogens with zero attached hydrogens (tertiary/aromatic N) is 3. The lowest BCUT2D eigenvalue weighted by atomic mass is 10.1. The van der Waals surface area contributed by atoms with Crippen molar-refractivity contribution in [2.24, 2.45) is 0 Å². The number of benzene rings is 2. The molecule has 142 valence electrons. The van der Waals surface area contributed by atoms with Crippen LogP contribution >= 0.6 is 0 Å². The highest BCUT2D eigenvalue weighted by molar-refractivity contribution is 6.01.